The minimum absolute atomic E-state index is 0.221. The third kappa shape index (κ3) is 2.34. The first-order chi connectivity index (χ1) is 7.06. The van der Waals surface area contributed by atoms with Crippen molar-refractivity contribution < 1.29 is 4.79 Å². The molecule has 0 saturated heterocycles. The number of allylic oxidation sites excluding steroid dienone is 1. The van der Waals surface area contributed by atoms with Crippen molar-refractivity contribution in [2.24, 2.45) is 5.73 Å². The summed E-state index contributed by atoms with van der Waals surface area (Å²) in [6.45, 7) is 0. The molecule has 15 heavy (non-hydrogen) atoms. The highest BCUT2D eigenvalue weighted by Crippen LogP contribution is 2.16. The van der Waals surface area contributed by atoms with E-state index in [1.54, 1.807) is 12.1 Å². The van der Waals surface area contributed by atoms with Gasteiger partial charge in [0, 0.05) is 23.0 Å². The van der Waals surface area contributed by atoms with Crippen LogP contribution < -0.4 is 17.2 Å². The fourth-order valence-corrected chi connectivity index (χ4v) is 1.09. The summed E-state index contributed by atoms with van der Waals surface area (Å²) in [6, 6.07) is 4.65. The molecule has 0 unspecified atom stereocenters. The van der Waals surface area contributed by atoms with E-state index in [2.05, 4.69) is 0 Å². The van der Waals surface area contributed by atoms with Crippen molar-refractivity contribution in [1.29, 1.82) is 5.41 Å². The number of nitrogens with two attached hydrogens (primary N) is 3. The fourth-order valence-electron chi connectivity index (χ4n) is 1.09. The number of anilines is 2. The Morgan fingerprint density at radius 3 is 2.60 bits per heavy atom. The summed E-state index contributed by atoms with van der Waals surface area (Å²) in [5.41, 5.74) is 17.1. The first-order valence-electron chi connectivity index (χ1n) is 4.22. The van der Waals surface area contributed by atoms with E-state index in [1.807, 2.05) is 0 Å². The van der Waals surface area contributed by atoms with Crippen LogP contribution in [0.4, 0.5) is 11.4 Å². The van der Waals surface area contributed by atoms with E-state index in [1.165, 1.54) is 6.07 Å². The molecule has 0 radical (unpaired) electrons. The molecule has 0 aromatic heterocycles. The number of rotatable bonds is 3. The summed E-state index contributed by atoms with van der Waals surface area (Å²) in [7, 11) is 0. The Hall–Kier alpha value is -2.30. The maximum absolute atomic E-state index is 11.3. The Labute approximate surface area is 87.1 Å². The Morgan fingerprint density at radius 1 is 1.33 bits per heavy atom. The number of carbonyl (C=O) groups is 1. The molecule has 1 rings (SSSR count). The van der Waals surface area contributed by atoms with Crippen LogP contribution in [0.2, 0.25) is 0 Å². The van der Waals surface area contributed by atoms with E-state index in [4.69, 9.17) is 22.6 Å². The minimum Gasteiger partial charge on any atom is -0.404 e. The molecule has 0 heterocycles. The number of ketones is 1. The van der Waals surface area contributed by atoms with Gasteiger partial charge in [-0.2, -0.15) is 0 Å². The van der Waals surface area contributed by atoms with Crippen molar-refractivity contribution in [2.45, 2.75) is 0 Å². The van der Waals surface area contributed by atoms with Gasteiger partial charge in [0.05, 0.1) is 0 Å². The van der Waals surface area contributed by atoms with Gasteiger partial charge in [-0.1, -0.05) is 0 Å². The maximum Gasteiger partial charge on any atom is 0.205 e. The Morgan fingerprint density at radius 2 is 2.00 bits per heavy atom. The second-order valence-electron chi connectivity index (χ2n) is 2.95. The molecule has 78 valence electrons. The van der Waals surface area contributed by atoms with Gasteiger partial charge in [-0.05, 0) is 24.4 Å². The van der Waals surface area contributed by atoms with Crippen LogP contribution in [0.5, 0.6) is 0 Å². The van der Waals surface area contributed by atoms with E-state index in [9.17, 15) is 4.79 Å². The normalized spacial score (nSPS) is 10.4. The molecule has 0 aliphatic carbocycles. The Balaban J connectivity index is 3.11. The predicted molar refractivity (Wildman–Crippen MR) is 60.4 cm³/mol. The lowest BCUT2D eigenvalue weighted by Gasteiger charge is -2.05. The van der Waals surface area contributed by atoms with Crippen LogP contribution in [0, 0.1) is 5.41 Å². The monoisotopic (exact) mass is 204 g/mol. The van der Waals surface area contributed by atoms with Crippen LogP contribution in [0.15, 0.2) is 30.5 Å². The minimum atomic E-state index is -0.505. The van der Waals surface area contributed by atoms with Crippen LogP contribution in [0.1, 0.15) is 5.56 Å². The molecule has 0 amide bonds. The molecule has 0 aliphatic heterocycles. The van der Waals surface area contributed by atoms with Gasteiger partial charge < -0.3 is 17.2 Å². The average molecular weight is 204 g/mol. The topological polar surface area (TPSA) is 119 Å². The summed E-state index contributed by atoms with van der Waals surface area (Å²) >= 11 is 0. The number of carbonyl (C=O) groups excluding carboxylic acids is 1. The van der Waals surface area contributed by atoms with Gasteiger partial charge in [-0.3, -0.25) is 10.2 Å². The third-order valence-electron chi connectivity index (χ3n) is 1.84. The molecule has 5 nitrogen and oxygen atoms in total. The van der Waals surface area contributed by atoms with Gasteiger partial charge in [-0.25, -0.2) is 0 Å². The highest BCUT2D eigenvalue weighted by molar-refractivity contribution is 6.49. The first-order valence-corrected chi connectivity index (χ1v) is 4.22. The van der Waals surface area contributed by atoms with Crippen molar-refractivity contribution >= 4 is 22.9 Å². The van der Waals surface area contributed by atoms with Crippen LogP contribution in [0.3, 0.4) is 0 Å². The zero-order valence-electron chi connectivity index (χ0n) is 8.03. The van der Waals surface area contributed by atoms with Gasteiger partial charge in [0.25, 0.3) is 0 Å². The summed E-state index contributed by atoms with van der Waals surface area (Å²) < 4.78 is 0. The first kappa shape index (κ1) is 10.8. The van der Waals surface area contributed by atoms with Crippen LogP contribution in [-0.2, 0) is 4.79 Å². The van der Waals surface area contributed by atoms with E-state index >= 15 is 0 Å². The van der Waals surface area contributed by atoms with E-state index in [-0.39, 0.29) is 5.71 Å². The third-order valence-corrected chi connectivity index (χ3v) is 1.84. The van der Waals surface area contributed by atoms with Gasteiger partial charge in [0.2, 0.25) is 5.78 Å². The van der Waals surface area contributed by atoms with E-state index in [0.29, 0.717) is 16.9 Å². The van der Waals surface area contributed by atoms with Gasteiger partial charge in [0.1, 0.15) is 5.71 Å². The average Bonchev–Trinajstić information content (AvgIpc) is 2.21. The molecule has 0 spiro atoms. The lowest BCUT2D eigenvalue weighted by molar-refractivity contribution is -0.108. The Kier molecular flexibility index (Phi) is 3.07. The summed E-state index contributed by atoms with van der Waals surface area (Å²) in [5.74, 6) is -0.505. The molecular formula is C10H12N4O. The quantitative estimate of drug-likeness (QED) is 0.320. The van der Waals surface area contributed by atoms with Gasteiger partial charge in [-0.15, -0.1) is 0 Å². The van der Waals surface area contributed by atoms with Crippen LogP contribution >= 0.6 is 0 Å². The zero-order valence-corrected chi connectivity index (χ0v) is 8.03. The molecule has 7 N–H and O–H groups in total. The standard InChI is InChI=1S/C10H12N4O/c11-4-3-9(15)10(14)7-5-6(12)1-2-8(7)13/h1-5,14H,11-13H2/b4-3-,14-10?. The zero-order chi connectivity index (χ0) is 11.4. The smallest absolute Gasteiger partial charge is 0.205 e. The summed E-state index contributed by atoms with van der Waals surface area (Å²) in [5, 5.41) is 7.58. The number of hydrogen-bond donors (Lipinski definition) is 4. The molecule has 0 aliphatic rings. The lowest BCUT2D eigenvalue weighted by atomic mass is 10.0. The largest absolute Gasteiger partial charge is 0.404 e. The number of nitrogen functional groups attached to an aromatic ring is 2. The Bertz CT molecular complexity index is 437. The molecule has 1 aromatic rings. The van der Waals surface area contributed by atoms with E-state index in [0.717, 1.165) is 12.3 Å². The van der Waals surface area contributed by atoms with Gasteiger partial charge in [0.15, 0.2) is 0 Å². The van der Waals surface area contributed by atoms with E-state index < -0.39 is 5.78 Å². The second-order valence-corrected chi connectivity index (χ2v) is 2.95. The van der Waals surface area contributed by atoms with Crippen LogP contribution in [0.25, 0.3) is 0 Å². The molecular weight excluding hydrogens is 192 g/mol. The maximum atomic E-state index is 11.3. The van der Waals surface area contributed by atoms with Crippen molar-refractivity contribution in [3.05, 3.63) is 36.0 Å². The SMILES string of the molecule is N=C(C(=O)/C=C\N)c1cc(N)ccc1N. The lowest BCUT2D eigenvalue weighted by Crippen LogP contribution is -2.14. The molecule has 0 atom stereocenters. The highest BCUT2D eigenvalue weighted by Gasteiger charge is 2.12. The molecule has 1 aromatic carbocycles. The second kappa shape index (κ2) is 4.28. The number of benzene rings is 1. The number of nitrogens with one attached hydrogen (secondary N) is 1. The van der Waals surface area contributed by atoms with Crippen molar-refractivity contribution in [3.63, 3.8) is 0 Å². The van der Waals surface area contributed by atoms with Crippen molar-refractivity contribution in [3.8, 4) is 0 Å². The molecule has 5 heteroatoms. The fraction of sp³-hybridized carbons (Fsp3) is 0. The van der Waals surface area contributed by atoms with Crippen molar-refractivity contribution in [1.82, 2.24) is 0 Å². The van der Waals surface area contributed by atoms with Gasteiger partial charge >= 0.3 is 0 Å². The molecule has 0 fully saturated rings. The summed E-state index contributed by atoms with van der Waals surface area (Å²) in [4.78, 5) is 11.3. The number of hydrogen-bond acceptors (Lipinski definition) is 5. The highest BCUT2D eigenvalue weighted by atomic mass is 16.1. The van der Waals surface area contributed by atoms with Crippen molar-refractivity contribution in [2.75, 3.05) is 11.5 Å². The van der Waals surface area contributed by atoms with Crippen LogP contribution in [-0.4, -0.2) is 11.5 Å². The molecule has 0 saturated carbocycles. The predicted octanol–water partition coefficient (Wildman–Crippen LogP) is 0.260. The molecule has 0 bridgehead atoms. The summed E-state index contributed by atoms with van der Waals surface area (Å²) in [6.07, 6.45) is 2.18.